The molecule has 0 spiro atoms. The average molecular weight is 404 g/mol. The van der Waals surface area contributed by atoms with Gasteiger partial charge in [-0.3, -0.25) is 14.9 Å². The number of carbonyl (C=O) groups excluding carboxylic acids is 1. The van der Waals surface area contributed by atoms with Crippen molar-refractivity contribution < 1.29 is 14.5 Å². The number of nitro benzene ring substituents is 1. The molecule has 10 heteroatoms. The van der Waals surface area contributed by atoms with E-state index in [1.54, 1.807) is 17.4 Å². The first-order valence-corrected chi connectivity index (χ1v) is 9.66. The van der Waals surface area contributed by atoms with Crippen LogP contribution in [0.15, 0.2) is 29.6 Å². The predicted octanol–water partition coefficient (Wildman–Crippen LogP) is 3.96. The summed E-state index contributed by atoms with van der Waals surface area (Å²) >= 11 is 2.86. The zero-order valence-corrected chi connectivity index (χ0v) is 16.4. The number of aryl methyl sites for hydroxylation is 2. The first-order valence-electron chi connectivity index (χ1n) is 7.86. The number of thioether (sulfide) groups is 1. The molecule has 8 nitrogen and oxygen atoms in total. The van der Waals surface area contributed by atoms with Gasteiger partial charge in [0.15, 0.2) is 0 Å². The van der Waals surface area contributed by atoms with Crippen LogP contribution in [0.4, 0.5) is 11.4 Å². The number of aromatic nitrogens is 2. The fourth-order valence-electron chi connectivity index (χ4n) is 2.47. The predicted molar refractivity (Wildman–Crippen MR) is 106 cm³/mol. The largest absolute Gasteiger partial charge is 0.496 e. The maximum absolute atomic E-state index is 12.3. The molecule has 0 aliphatic carbocycles. The van der Waals surface area contributed by atoms with Gasteiger partial charge < -0.3 is 10.1 Å². The quantitative estimate of drug-likeness (QED) is 0.287. The van der Waals surface area contributed by atoms with E-state index in [0.29, 0.717) is 5.75 Å². The number of thiophene rings is 1. The van der Waals surface area contributed by atoms with Crippen molar-refractivity contribution in [3.05, 3.63) is 45.1 Å². The van der Waals surface area contributed by atoms with Gasteiger partial charge in [0.1, 0.15) is 27.6 Å². The first-order chi connectivity index (χ1) is 12.9. The number of fused-ring (bicyclic) bond motifs is 1. The number of carbonyl (C=O) groups is 1. The molecule has 0 radical (unpaired) electrons. The summed E-state index contributed by atoms with van der Waals surface area (Å²) in [6.45, 7) is 4.02. The third-order valence-corrected chi connectivity index (χ3v) is 6.05. The van der Waals surface area contributed by atoms with Gasteiger partial charge in [-0.2, -0.15) is 0 Å². The molecular weight excluding hydrogens is 388 g/mol. The number of methoxy groups -OCH3 is 1. The molecule has 2 aromatic heterocycles. The van der Waals surface area contributed by atoms with Crippen molar-refractivity contribution in [3.63, 3.8) is 0 Å². The summed E-state index contributed by atoms with van der Waals surface area (Å²) in [4.78, 5) is 33.6. The van der Waals surface area contributed by atoms with Crippen molar-refractivity contribution in [2.45, 2.75) is 18.9 Å². The molecule has 3 rings (SSSR count). The van der Waals surface area contributed by atoms with Crippen molar-refractivity contribution in [3.8, 4) is 5.75 Å². The summed E-state index contributed by atoms with van der Waals surface area (Å²) in [5.74, 6) is 0.0641. The van der Waals surface area contributed by atoms with E-state index < -0.39 is 4.92 Å². The highest BCUT2D eigenvalue weighted by molar-refractivity contribution is 8.00. The molecule has 2 heterocycles. The normalized spacial score (nSPS) is 10.8. The number of ether oxygens (including phenoxy) is 1. The summed E-state index contributed by atoms with van der Waals surface area (Å²) in [5.41, 5.74) is 1.01. The van der Waals surface area contributed by atoms with Gasteiger partial charge in [0.2, 0.25) is 5.91 Å². The second-order valence-corrected chi connectivity index (χ2v) is 7.79. The number of anilines is 1. The van der Waals surface area contributed by atoms with Crippen LogP contribution in [-0.4, -0.2) is 33.7 Å². The van der Waals surface area contributed by atoms with Crippen LogP contribution in [0.3, 0.4) is 0 Å². The summed E-state index contributed by atoms with van der Waals surface area (Å²) in [7, 11) is 1.42. The van der Waals surface area contributed by atoms with Crippen LogP contribution in [0.1, 0.15) is 10.4 Å². The van der Waals surface area contributed by atoms with Crippen molar-refractivity contribution in [2.75, 3.05) is 18.2 Å². The number of hydrogen-bond acceptors (Lipinski definition) is 8. The smallest absolute Gasteiger partial charge is 0.296 e. The highest BCUT2D eigenvalue weighted by atomic mass is 32.2. The molecule has 0 aliphatic rings. The van der Waals surface area contributed by atoms with Gasteiger partial charge in [0.05, 0.1) is 23.9 Å². The first kappa shape index (κ1) is 19.1. The van der Waals surface area contributed by atoms with Crippen LogP contribution in [0.2, 0.25) is 0 Å². The molecule has 0 bridgehead atoms. The Bertz CT molecular complexity index is 1040. The number of hydrogen-bond donors (Lipinski definition) is 1. The molecule has 3 aromatic rings. The molecule has 0 unspecified atom stereocenters. The molecule has 0 fully saturated rings. The van der Waals surface area contributed by atoms with Gasteiger partial charge in [0, 0.05) is 10.3 Å². The van der Waals surface area contributed by atoms with Crippen LogP contribution < -0.4 is 10.1 Å². The van der Waals surface area contributed by atoms with E-state index in [-0.39, 0.29) is 23.0 Å². The number of benzene rings is 1. The van der Waals surface area contributed by atoms with Gasteiger partial charge >= 0.3 is 0 Å². The Morgan fingerprint density at radius 2 is 2.15 bits per heavy atom. The lowest BCUT2D eigenvalue weighted by Gasteiger charge is -2.08. The molecule has 1 aromatic carbocycles. The van der Waals surface area contributed by atoms with Crippen molar-refractivity contribution in [1.82, 2.24) is 9.97 Å². The summed E-state index contributed by atoms with van der Waals surface area (Å²) < 4.78 is 4.99. The molecule has 140 valence electrons. The van der Waals surface area contributed by atoms with E-state index in [2.05, 4.69) is 15.3 Å². The Labute approximate surface area is 163 Å². The van der Waals surface area contributed by atoms with Crippen molar-refractivity contribution in [2.24, 2.45) is 0 Å². The van der Waals surface area contributed by atoms with E-state index in [4.69, 9.17) is 4.74 Å². The molecular formula is C17H16N4O4S2. The Morgan fingerprint density at radius 1 is 1.37 bits per heavy atom. The minimum atomic E-state index is -0.559. The third kappa shape index (κ3) is 4.01. The number of rotatable bonds is 6. The lowest BCUT2D eigenvalue weighted by molar-refractivity contribution is -0.384. The van der Waals surface area contributed by atoms with Crippen molar-refractivity contribution >= 4 is 50.6 Å². The number of nitro groups is 1. The van der Waals surface area contributed by atoms with E-state index >= 15 is 0 Å². The summed E-state index contributed by atoms with van der Waals surface area (Å²) in [5, 5.41) is 15.5. The van der Waals surface area contributed by atoms with Crippen LogP contribution in [0.5, 0.6) is 5.75 Å². The van der Waals surface area contributed by atoms with E-state index in [1.807, 2.05) is 13.8 Å². The minimum Gasteiger partial charge on any atom is -0.496 e. The molecule has 27 heavy (non-hydrogen) atoms. The Balaban J connectivity index is 1.75. The molecule has 0 saturated carbocycles. The zero-order chi connectivity index (χ0) is 19.6. The summed E-state index contributed by atoms with van der Waals surface area (Å²) in [6, 6.07) is 4.28. The van der Waals surface area contributed by atoms with Gasteiger partial charge in [-0.05, 0) is 31.5 Å². The lowest BCUT2D eigenvalue weighted by atomic mass is 10.2. The topological polar surface area (TPSA) is 107 Å². The third-order valence-electron chi connectivity index (χ3n) is 3.95. The van der Waals surface area contributed by atoms with Crippen LogP contribution in [0, 0.1) is 24.0 Å². The zero-order valence-electron chi connectivity index (χ0n) is 14.8. The minimum absolute atomic E-state index is 0.0730. The van der Waals surface area contributed by atoms with Gasteiger partial charge in [-0.15, -0.1) is 11.3 Å². The molecule has 0 aliphatic heterocycles. The maximum atomic E-state index is 12.3. The van der Waals surface area contributed by atoms with Crippen molar-refractivity contribution in [1.29, 1.82) is 0 Å². The number of nitrogens with zero attached hydrogens (tertiary/aromatic N) is 3. The monoisotopic (exact) mass is 404 g/mol. The SMILES string of the molecule is COc1ccc(NC(=O)CSc2ncnc3sc(C)c(C)c23)c([N+](=O)[O-])c1. The van der Waals surface area contributed by atoms with Gasteiger partial charge in [-0.1, -0.05) is 11.8 Å². The Hall–Kier alpha value is -2.72. The maximum Gasteiger partial charge on any atom is 0.296 e. The standard InChI is InChI=1S/C17H16N4O4S2/c1-9-10(2)27-17-15(9)16(18-8-19-17)26-7-14(22)20-12-5-4-11(25-3)6-13(12)21(23)24/h4-6,8H,7H2,1-3H3,(H,20,22). The molecule has 0 saturated heterocycles. The second kappa shape index (κ2) is 7.89. The Kier molecular flexibility index (Phi) is 5.57. The number of amides is 1. The molecule has 0 atom stereocenters. The second-order valence-electron chi connectivity index (χ2n) is 5.62. The van der Waals surface area contributed by atoms with Crippen LogP contribution in [-0.2, 0) is 4.79 Å². The van der Waals surface area contributed by atoms with Crippen LogP contribution >= 0.6 is 23.1 Å². The van der Waals surface area contributed by atoms with E-state index in [1.165, 1.54) is 37.3 Å². The molecule has 1 amide bonds. The fraction of sp³-hybridized carbons (Fsp3) is 0.235. The van der Waals surface area contributed by atoms with Gasteiger partial charge in [-0.25, -0.2) is 9.97 Å². The molecule has 1 N–H and O–H groups in total. The number of nitrogens with one attached hydrogen (secondary N) is 1. The summed E-state index contributed by atoms with van der Waals surface area (Å²) in [6.07, 6.45) is 1.48. The van der Waals surface area contributed by atoms with E-state index in [0.717, 1.165) is 25.7 Å². The highest BCUT2D eigenvalue weighted by Crippen LogP contribution is 2.34. The van der Waals surface area contributed by atoms with Crippen LogP contribution in [0.25, 0.3) is 10.2 Å². The van der Waals surface area contributed by atoms with Gasteiger partial charge in [0.25, 0.3) is 5.69 Å². The fourth-order valence-corrected chi connectivity index (χ4v) is 4.39. The average Bonchev–Trinajstić information content (AvgIpc) is 2.94. The Morgan fingerprint density at radius 3 is 2.85 bits per heavy atom. The highest BCUT2D eigenvalue weighted by Gasteiger charge is 2.18. The lowest BCUT2D eigenvalue weighted by Crippen LogP contribution is -2.15. The van der Waals surface area contributed by atoms with E-state index in [9.17, 15) is 14.9 Å².